The van der Waals surface area contributed by atoms with E-state index in [-0.39, 0.29) is 6.10 Å². The van der Waals surface area contributed by atoms with Gasteiger partial charge in [0.1, 0.15) is 5.82 Å². The third-order valence-electron chi connectivity index (χ3n) is 3.07. The molecule has 4 nitrogen and oxygen atoms in total. The molecule has 0 amide bonds. The highest BCUT2D eigenvalue weighted by Crippen LogP contribution is 2.10. The van der Waals surface area contributed by atoms with Gasteiger partial charge in [0, 0.05) is 26.2 Å². The van der Waals surface area contributed by atoms with Crippen molar-refractivity contribution < 1.29 is 9.13 Å². The molecule has 0 spiro atoms. The zero-order valence-electron chi connectivity index (χ0n) is 11.6. The van der Waals surface area contributed by atoms with Gasteiger partial charge < -0.3 is 10.1 Å². The van der Waals surface area contributed by atoms with Crippen LogP contribution in [0.2, 0.25) is 0 Å². The second-order valence-electron chi connectivity index (χ2n) is 5.37. The lowest BCUT2D eigenvalue weighted by molar-refractivity contribution is -0.0244. The Hall–Kier alpha value is -1.20. The Bertz CT molecular complexity index is 400. The average molecular weight is 267 g/mol. The molecule has 0 aromatic carbocycles. The number of nitrogens with zero attached hydrogens (tertiary/aromatic N) is 2. The molecule has 0 radical (unpaired) electrons. The molecule has 1 N–H and O–H groups in total. The summed E-state index contributed by atoms with van der Waals surface area (Å²) in [4.78, 5) is 6.19. The first-order valence-electron chi connectivity index (χ1n) is 6.84. The van der Waals surface area contributed by atoms with Crippen molar-refractivity contribution in [3.8, 4) is 0 Å². The van der Waals surface area contributed by atoms with E-state index in [2.05, 4.69) is 29.0 Å². The first-order chi connectivity index (χ1) is 9.13. The van der Waals surface area contributed by atoms with Crippen molar-refractivity contribution in [3.05, 3.63) is 24.1 Å². The van der Waals surface area contributed by atoms with Crippen LogP contribution in [-0.4, -0.2) is 48.8 Å². The minimum Gasteiger partial charge on any atom is -0.374 e. The van der Waals surface area contributed by atoms with Crippen molar-refractivity contribution >= 4 is 5.82 Å². The highest BCUT2D eigenvalue weighted by atomic mass is 19.1. The summed E-state index contributed by atoms with van der Waals surface area (Å²) in [6.45, 7) is 8.87. The Balaban J connectivity index is 1.79. The van der Waals surface area contributed by atoms with E-state index in [1.165, 1.54) is 6.07 Å². The number of morpholine rings is 1. The lowest BCUT2D eigenvalue weighted by atomic mass is 10.2. The molecule has 1 aliphatic rings. The number of ether oxygens (including phenoxy) is 1. The molecule has 1 aliphatic heterocycles. The molecule has 1 saturated heterocycles. The summed E-state index contributed by atoms with van der Waals surface area (Å²) in [7, 11) is 0. The van der Waals surface area contributed by atoms with Gasteiger partial charge in [0.05, 0.1) is 12.7 Å². The molecule has 5 heteroatoms. The monoisotopic (exact) mass is 267 g/mol. The molecule has 1 fully saturated rings. The Morgan fingerprint density at radius 2 is 2.37 bits per heavy atom. The molecule has 2 heterocycles. The smallest absolute Gasteiger partial charge is 0.214 e. The lowest BCUT2D eigenvalue weighted by Gasteiger charge is -2.34. The summed E-state index contributed by atoms with van der Waals surface area (Å²) in [5.41, 5.74) is 0. The number of hydrogen-bond acceptors (Lipinski definition) is 4. The van der Waals surface area contributed by atoms with Gasteiger partial charge in [-0.25, -0.2) is 4.98 Å². The van der Waals surface area contributed by atoms with Crippen molar-refractivity contribution in [1.82, 2.24) is 9.88 Å². The Morgan fingerprint density at radius 3 is 3.11 bits per heavy atom. The van der Waals surface area contributed by atoms with Crippen LogP contribution in [0.4, 0.5) is 10.2 Å². The molecular weight excluding hydrogens is 245 g/mol. The number of aromatic nitrogens is 1. The van der Waals surface area contributed by atoms with Crippen LogP contribution in [0.15, 0.2) is 18.2 Å². The molecule has 1 aromatic heterocycles. The van der Waals surface area contributed by atoms with Crippen molar-refractivity contribution in [2.75, 3.05) is 38.1 Å². The Morgan fingerprint density at radius 1 is 1.53 bits per heavy atom. The fourth-order valence-corrected chi connectivity index (χ4v) is 2.31. The Kier molecular flexibility index (Phi) is 5.10. The largest absolute Gasteiger partial charge is 0.374 e. The van der Waals surface area contributed by atoms with Gasteiger partial charge in [0.25, 0.3) is 0 Å². The van der Waals surface area contributed by atoms with Gasteiger partial charge in [-0.05, 0) is 18.1 Å². The second kappa shape index (κ2) is 6.82. The maximum atomic E-state index is 12.9. The van der Waals surface area contributed by atoms with Crippen molar-refractivity contribution in [3.63, 3.8) is 0 Å². The maximum absolute atomic E-state index is 12.9. The average Bonchev–Trinajstić information content (AvgIpc) is 2.36. The molecule has 1 aromatic rings. The highest BCUT2D eigenvalue weighted by Gasteiger charge is 2.20. The van der Waals surface area contributed by atoms with Gasteiger partial charge in [-0.1, -0.05) is 19.9 Å². The molecule has 106 valence electrons. The molecule has 2 rings (SSSR count). The number of hydrogen-bond donors (Lipinski definition) is 1. The number of pyridine rings is 1. The van der Waals surface area contributed by atoms with Crippen molar-refractivity contribution in [1.29, 1.82) is 0 Å². The predicted octanol–water partition coefficient (Wildman–Crippen LogP) is 1.99. The van der Waals surface area contributed by atoms with Crippen molar-refractivity contribution in [2.24, 2.45) is 5.92 Å². The fourth-order valence-electron chi connectivity index (χ4n) is 2.31. The predicted molar refractivity (Wildman–Crippen MR) is 73.7 cm³/mol. The zero-order chi connectivity index (χ0) is 13.7. The Labute approximate surface area is 114 Å². The first kappa shape index (κ1) is 14.2. The summed E-state index contributed by atoms with van der Waals surface area (Å²) in [5, 5.41) is 3.13. The van der Waals surface area contributed by atoms with Crippen LogP contribution in [-0.2, 0) is 4.74 Å². The van der Waals surface area contributed by atoms with E-state index in [0.717, 1.165) is 26.2 Å². The van der Waals surface area contributed by atoms with Crippen LogP contribution < -0.4 is 5.32 Å². The molecular formula is C14H22FN3O. The normalized spacial score (nSPS) is 20.7. The van der Waals surface area contributed by atoms with Gasteiger partial charge in [0.2, 0.25) is 5.95 Å². The van der Waals surface area contributed by atoms with E-state index in [4.69, 9.17) is 4.74 Å². The van der Waals surface area contributed by atoms with E-state index < -0.39 is 5.95 Å². The minimum atomic E-state index is -0.462. The van der Waals surface area contributed by atoms with Crippen LogP contribution in [0.25, 0.3) is 0 Å². The highest BCUT2D eigenvalue weighted by molar-refractivity contribution is 5.33. The van der Waals surface area contributed by atoms with Crippen LogP contribution >= 0.6 is 0 Å². The molecule has 0 saturated carbocycles. The van der Waals surface area contributed by atoms with Gasteiger partial charge in [-0.15, -0.1) is 0 Å². The van der Waals surface area contributed by atoms with Gasteiger partial charge in [-0.2, -0.15) is 4.39 Å². The van der Waals surface area contributed by atoms with Gasteiger partial charge in [0.15, 0.2) is 0 Å². The summed E-state index contributed by atoms with van der Waals surface area (Å²) >= 11 is 0. The van der Waals surface area contributed by atoms with Crippen LogP contribution in [0.3, 0.4) is 0 Å². The SMILES string of the molecule is CC(C)CN1CCO[C@@H](CNc2cccc(F)n2)C1. The standard InChI is InChI=1S/C14H22FN3O/c1-11(2)9-18-6-7-19-12(10-18)8-16-14-5-3-4-13(15)17-14/h3-5,11-12H,6-10H2,1-2H3,(H,16,17)/t12-/m0/s1. The summed E-state index contributed by atoms with van der Waals surface area (Å²) in [6, 6.07) is 4.75. The quantitative estimate of drug-likeness (QED) is 0.828. The summed E-state index contributed by atoms with van der Waals surface area (Å²) in [5.74, 6) is 0.761. The number of nitrogens with one attached hydrogen (secondary N) is 1. The van der Waals surface area contributed by atoms with E-state index in [0.29, 0.717) is 18.3 Å². The zero-order valence-corrected chi connectivity index (χ0v) is 11.6. The number of anilines is 1. The third-order valence-corrected chi connectivity index (χ3v) is 3.07. The first-order valence-corrected chi connectivity index (χ1v) is 6.84. The summed E-state index contributed by atoms with van der Waals surface area (Å²) < 4.78 is 18.7. The number of halogens is 1. The van der Waals surface area contributed by atoms with E-state index in [1.807, 2.05) is 0 Å². The van der Waals surface area contributed by atoms with E-state index >= 15 is 0 Å². The molecule has 19 heavy (non-hydrogen) atoms. The maximum Gasteiger partial charge on any atom is 0.214 e. The van der Waals surface area contributed by atoms with Crippen molar-refractivity contribution in [2.45, 2.75) is 20.0 Å². The second-order valence-corrected chi connectivity index (χ2v) is 5.37. The molecule has 1 atom stereocenters. The third kappa shape index (κ3) is 4.76. The number of rotatable bonds is 5. The van der Waals surface area contributed by atoms with Crippen LogP contribution in [0.1, 0.15) is 13.8 Å². The molecule has 0 unspecified atom stereocenters. The topological polar surface area (TPSA) is 37.4 Å². The van der Waals surface area contributed by atoms with Gasteiger partial charge >= 0.3 is 0 Å². The minimum absolute atomic E-state index is 0.137. The van der Waals surface area contributed by atoms with Crippen LogP contribution in [0, 0.1) is 11.9 Å². The fraction of sp³-hybridized carbons (Fsp3) is 0.643. The lowest BCUT2D eigenvalue weighted by Crippen LogP contribution is -2.46. The van der Waals surface area contributed by atoms with Crippen LogP contribution in [0.5, 0.6) is 0 Å². The molecule has 0 aliphatic carbocycles. The van der Waals surface area contributed by atoms with E-state index in [9.17, 15) is 4.39 Å². The van der Waals surface area contributed by atoms with Gasteiger partial charge in [-0.3, -0.25) is 4.90 Å². The van der Waals surface area contributed by atoms with E-state index in [1.54, 1.807) is 12.1 Å². The molecule has 0 bridgehead atoms. The summed E-state index contributed by atoms with van der Waals surface area (Å²) in [6.07, 6.45) is 0.137.